The van der Waals surface area contributed by atoms with Crippen LogP contribution in [0.25, 0.3) is 5.65 Å². The number of nitrogen functional groups attached to an aromatic ring is 1. The molecule has 2 aromatic heterocycles. The molecule has 6 nitrogen and oxygen atoms in total. The van der Waals surface area contributed by atoms with Crippen molar-refractivity contribution in [2.75, 3.05) is 18.2 Å². The molecule has 0 amide bonds. The van der Waals surface area contributed by atoms with E-state index in [2.05, 4.69) is 15.3 Å². The van der Waals surface area contributed by atoms with Gasteiger partial charge in [0.25, 0.3) is 0 Å². The van der Waals surface area contributed by atoms with Gasteiger partial charge in [0.05, 0.1) is 12.3 Å². The van der Waals surface area contributed by atoms with E-state index in [1.807, 2.05) is 10.6 Å². The summed E-state index contributed by atoms with van der Waals surface area (Å²) in [7, 11) is 1.76. The second-order valence-corrected chi connectivity index (χ2v) is 4.68. The predicted molar refractivity (Wildman–Crippen MR) is 69.5 cm³/mol. The van der Waals surface area contributed by atoms with E-state index in [4.69, 9.17) is 10.5 Å². The zero-order valence-corrected chi connectivity index (χ0v) is 10.3. The molecular formula is C12H17N5O. The van der Waals surface area contributed by atoms with Crippen molar-refractivity contribution < 1.29 is 4.74 Å². The van der Waals surface area contributed by atoms with Gasteiger partial charge < -0.3 is 20.2 Å². The van der Waals surface area contributed by atoms with Gasteiger partial charge in [-0.15, -0.1) is 0 Å². The van der Waals surface area contributed by atoms with Crippen LogP contribution in [0.1, 0.15) is 19.3 Å². The number of nitrogens with zero attached hydrogens (tertiary/aromatic N) is 3. The second kappa shape index (κ2) is 4.45. The molecule has 2 aromatic rings. The standard InChI is InChI=1S/C12H17N5O/c1-18-9-3-2-8(6-9)15-11-12-14-4-5-17(12)7-10(13)16-11/h4-5,7-9H,2-3,6,13H2,1H3,(H,15,16). The number of imidazole rings is 1. The molecule has 1 saturated carbocycles. The van der Waals surface area contributed by atoms with Crippen molar-refractivity contribution >= 4 is 17.3 Å². The summed E-state index contributed by atoms with van der Waals surface area (Å²) in [6.07, 6.45) is 8.89. The fourth-order valence-corrected chi connectivity index (χ4v) is 2.53. The van der Waals surface area contributed by atoms with Gasteiger partial charge in [0.2, 0.25) is 0 Å². The summed E-state index contributed by atoms with van der Waals surface area (Å²) in [5.74, 6) is 1.24. The summed E-state index contributed by atoms with van der Waals surface area (Å²) in [6.45, 7) is 0. The van der Waals surface area contributed by atoms with Crippen LogP contribution >= 0.6 is 0 Å². The molecule has 1 fully saturated rings. The van der Waals surface area contributed by atoms with E-state index < -0.39 is 0 Å². The van der Waals surface area contributed by atoms with Crippen LogP contribution in [0.3, 0.4) is 0 Å². The van der Waals surface area contributed by atoms with Crippen LogP contribution in [0, 0.1) is 0 Å². The van der Waals surface area contributed by atoms with Gasteiger partial charge in [-0.05, 0) is 19.3 Å². The van der Waals surface area contributed by atoms with Gasteiger partial charge in [0.1, 0.15) is 5.82 Å². The highest BCUT2D eigenvalue weighted by Gasteiger charge is 2.25. The lowest BCUT2D eigenvalue weighted by Gasteiger charge is -2.14. The molecule has 0 aliphatic heterocycles. The van der Waals surface area contributed by atoms with Crippen molar-refractivity contribution in [2.45, 2.75) is 31.4 Å². The molecule has 6 heteroatoms. The molecule has 2 atom stereocenters. The highest BCUT2D eigenvalue weighted by molar-refractivity contribution is 5.65. The largest absolute Gasteiger partial charge is 0.382 e. The lowest BCUT2D eigenvalue weighted by atomic mass is 10.2. The van der Waals surface area contributed by atoms with Gasteiger partial charge in [0, 0.05) is 25.5 Å². The Morgan fingerprint density at radius 3 is 3.17 bits per heavy atom. The normalized spacial score (nSPS) is 23.6. The van der Waals surface area contributed by atoms with Crippen molar-refractivity contribution in [2.24, 2.45) is 0 Å². The Morgan fingerprint density at radius 2 is 2.39 bits per heavy atom. The number of fused-ring (bicyclic) bond motifs is 1. The lowest BCUT2D eigenvalue weighted by molar-refractivity contribution is 0.108. The van der Waals surface area contributed by atoms with Gasteiger partial charge in [-0.1, -0.05) is 0 Å². The molecule has 1 aliphatic rings. The van der Waals surface area contributed by atoms with Crippen LogP contribution in [-0.4, -0.2) is 33.6 Å². The Hall–Kier alpha value is -1.82. The molecular weight excluding hydrogens is 230 g/mol. The average Bonchev–Trinajstić information content (AvgIpc) is 2.97. The fraction of sp³-hybridized carbons (Fsp3) is 0.500. The molecule has 3 N–H and O–H groups in total. The molecule has 3 rings (SSSR count). The molecule has 1 aliphatic carbocycles. The summed E-state index contributed by atoms with van der Waals surface area (Å²) in [5.41, 5.74) is 6.60. The zero-order valence-electron chi connectivity index (χ0n) is 10.3. The monoisotopic (exact) mass is 247 g/mol. The van der Waals surface area contributed by atoms with Crippen LogP contribution in [0.4, 0.5) is 11.6 Å². The third-order valence-corrected chi connectivity index (χ3v) is 3.45. The van der Waals surface area contributed by atoms with E-state index in [1.54, 1.807) is 19.5 Å². The Balaban J connectivity index is 1.84. The van der Waals surface area contributed by atoms with E-state index >= 15 is 0 Å². The van der Waals surface area contributed by atoms with Crippen LogP contribution in [-0.2, 0) is 4.74 Å². The summed E-state index contributed by atoms with van der Waals surface area (Å²) in [4.78, 5) is 8.62. The van der Waals surface area contributed by atoms with Gasteiger partial charge in [-0.25, -0.2) is 9.97 Å². The number of aromatic nitrogens is 3. The molecule has 18 heavy (non-hydrogen) atoms. The summed E-state index contributed by atoms with van der Waals surface area (Å²) < 4.78 is 7.25. The minimum Gasteiger partial charge on any atom is -0.382 e. The topological polar surface area (TPSA) is 77.5 Å². The number of hydrogen-bond acceptors (Lipinski definition) is 5. The fourth-order valence-electron chi connectivity index (χ4n) is 2.53. The van der Waals surface area contributed by atoms with E-state index in [0.29, 0.717) is 18.0 Å². The highest BCUT2D eigenvalue weighted by Crippen LogP contribution is 2.25. The van der Waals surface area contributed by atoms with Crippen molar-refractivity contribution in [3.05, 3.63) is 18.6 Å². The molecule has 96 valence electrons. The molecule has 0 radical (unpaired) electrons. The smallest absolute Gasteiger partial charge is 0.180 e. The van der Waals surface area contributed by atoms with E-state index in [0.717, 1.165) is 30.7 Å². The number of anilines is 2. The third kappa shape index (κ3) is 1.99. The van der Waals surface area contributed by atoms with E-state index in [-0.39, 0.29) is 0 Å². The summed E-state index contributed by atoms with van der Waals surface area (Å²) >= 11 is 0. The van der Waals surface area contributed by atoms with Gasteiger partial charge >= 0.3 is 0 Å². The van der Waals surface area contributed by atoms with Gasteiger partial charge in [-0.2, -0.15) is 0 Å². The predicted octanol–water partition coefficient (Wildman–Crippen LogP) is 1.29. The summed E-state index contributed by atoms with van der Waals surface area (Å²) in [5, 5.41) is 3.42. The lowest BCUT2D eigenvalue weighted by Crippen LogP contribution is -2.19. The van der Waals surface area contributed by atoms with Gasteiger partial charge in [0.15, 0.2) is 11.5 Å². The number of methoxy groups -OCH3 is 1. The SMILES string of the molecule is COC1CCC(Nc2nc(N)cn3ccnc23)C1. The van der Waals surface area contributed by atoms with Gasteiger partial charge in [-0.3, -0.25) is 0 Å². The third-order valence-electron chi connectivity index (χ3n) is 3.45. The number of nitrogens with one attached hydrogen (secondary N) is 1. The zero-order chi connectivity index (χ0) is 12.5. The summed E-state index contributed by atoms with van der Waals surface area (Å²) in [6, 6.07) is 0.379. The number of rotatable bonds is 3. The Kier molecular flexibility index (Phi) is 2.79. The molecule has 0 spiro atoms. The van der Waals surface area contributed by atoms with Crippen molar-refractivity contribution in [3.63, 3.8) is 0 Å². The molecule has 2 unspecified atom stereocenters. The Bertz CT molecular complexity index is 552. The molecule has 2 heterocycles. The Morgan fingerprint density at radius 1 is 1.50 bits per heavy atom. The first-order chi connectivity index (χ1) is 8.76. The number of nitrogens with two attached hydrogens (primary N) is 1. The number of hydrogen-bond donors (Lipinski definition) is 2. The van der Waals surface area contributed by atoms with E-state index in [9.17, 15) is 0 Å². The first-order valence-electron chi connectivity index (χ1n) is 6.15. The minimum absolute atomic E-state index is 0.347. The first kappa shape index (κ1) is 11.3. The van der Waals surface area contributed by atoms with Crippen molar-refractivity contribution in [1.82, 2.24) is 14.4 Å². The maximum Gasteiger partial charge on any atom is 0.180 e. The maximum atomic E-state index is 5.79. The van der Waals surface area contributed by atoms with Crippen molar-refractivity contribution in [3.8, 4) is 0 Å². The van der Waals surface area contributed by atoms with Crippen LogP contribution in [0.5, 0.6) is 0 Å². The Labute approximate surface area is 105 Å². The minimum atomic E-state index is 0.347. The second-order valence-electron chi connectivity index (χ2n) is 4.68. The average molecular weight is 247 g/mol. The quantitative estimate of drug-likeness (QED) is 0.854. The van der Waals surface area contributed by atoms with Crippen LogP contribution in [0.2, 0.25) is 0 Å². The molecule has 0 saturated heterocycles. The van der Waals surface area contributed by atoms with Crippen molar-refractivity contribution in [1.29, 1.82) is 0 Å². The highest BCUT2D eigenvalue weighted by atomic mass is 16.5. The molecule has 0 bridgehead atoms. The van der Waals surface area contributed by atoms with Crippen LogP contribution in [0.15, 0.2) is 18.6 Å². The van der Waals surface area contributed by atoms with Crippen LogP contribution < -0.4 is 11.1 Å². The first-order valence-corrected chi connectivity index (χ1v) is 6.15. The maximum absolute atomic E-state index is 5.79. The number of ether oxygens (including phenoxy) is 1. The van der Waals surface area contributed by atoms with E-state index in [1.165, 1.54) is 0 Å². The molecule has 0 aromatic carbocycles.